The maximum Gasteiger partial charge on any atom is 0.148 e. The number of hydrogen-bond acceptors (Lipinski definition) is 6. The molecule has 2 aliphatic rings. The summed E-state index contributed by atoms with van der Waals surface area (Å²) in [4.78, 5) is 0. The molecule has 4 N–H and O–H groups in total. The third kappa shape index (κ3) is 3.86. The molecule has 2 unspecified atom stereocenters. The molecular weight excluding hydrogens is 400 g/mol. The zero-order chi connectivity index (χ0) is 22.2. The minimum atomic E-state index is 0.507. The first-order valence-corrected chi connectivity index (χ1v) is 11.3. The van der Waals surface area contributed by atoms with Gasteiger partial charge in [0.1, 0.15) is 5.82 Å². The first-order chi connectivity index (χ1) is 15.5. The van der Waals surface area contributed by atoms with Crippen LogP contribution in [0.3, 0.4) is 0 Å². The summed E-state index contributed by atoms with van der Waals surface area (Å²) in [6.45, 7) is 4.74. The van der Waals surface area contributed by atoms with Gasteiger partial charge in [-0.3, -0.25) is 10.2 Å². The first kappa shape index (κ1) is 20.6. The van der Waals surface area contributed by atoms with Crippen molar-refractivity contribution in [3.05, 3.63) is 42.9 Å². The molecule has 0 amide bonds. The van der Waals surface area contributed by atoms with Crippen LogP contribution in [0.4, 0.5) is 5.82 Å². The molecule has 3 aromatic heterocycles. The summed E-state index contributed by atoms with van der Waals surface area (Å²) in [5.74, 6) is 0.736. The summed E-state index contributed by atoms with van der Waals surface area (Å²) in [7, 11) is 1.82. The van der Waals surface area contributed by atoms with Crippen LogP contribution < -0.4 is 10.6 Å². The zero-order valence-electron chi connectivity index (χ0n) is 18.9. The van der Waals surface area contributed by atoms with Crippen LogP contribution in [-0.4, -0.2) is 48.7 Å². The molecule has 2 bridgehead atoms. The summed E-state index contributed by atoms with van der Waals surface area (Å²) >= 11 is 0. The number of anilines is 1. The van der Waals surface area contributed by atoms with E-state index in [0.29, 0.717) is 11.1 Å². The van der Waals surface area contributed by atoms with Crippen LogP contribution in [0.1, 0.15) is 46.0 Å². The van der Waals surface area contributed by atoms with Crippen molar-refractivity contribution in [2.24, 2.45) is 0 Å². The molecule has 166 valence electrons. The van der Waals surface area contributed by atoms with E-state index >= 15 is 0 Å². The highest BCUT2D eigenvalue weighted by Crippen LogP contribution is 2.41. The molecule has 2 aliphatic heterocycles. The highest BCUT2D eigenvalue weighted by molar-refractivity contribution is 6.01. The Hall–Kier alpha value is -3.26. The van der Waals surface area contributed by atoms with Gasteiger partial charge in [0.05, 0.1) is 23.6 Å². The number of rotatable bonds is 3. The fourth-order valence-corrected chi connectivity index (χ4v) is 5.16. The quantitative estimate of drug-likeness (QED) is 0.381. The van der Waals surface area contributed by atoms with Gasteiger partial charge in [-0.05, 0) is 69.7 Å². The van der Waals surface area contributed by atoms with Gasteiger partial charge in [-0.2, -0.15) is 10.2 Å². The van der Waals surface area contributed by atoms with Gasteiger partial charge in [-0.1, -0.05) is 6.07 Å². The molecule has 32 heavy (non-hydrogen) atoms. The predicted molar refractivity (Wildman–Crippen MR) is 127 cm³/mol. The zero-order valence-corrected chi connectivity index (χ0v) is 18.9. The van der Waals surface area contributed by atoms with Crippen molar-refractivity contribution in [1.29, 1.82) is 0 Å². The molecule has 0 radical (unpaired) electrons. The van der Waals surface area contributed by atoms with Gasteiger partial charge in [0.25, 0.3) is 0 Å². The van der Waals surface area contributed by atoms with E-state index in [2.05, 4.69) is 55.1 Å². The molecular formula is C24H30N8. The van der Waals surface area contributed by atoms with Crippen LogP contribution in [0.15, 0.2) is 42.9 Å². The Morgan fingerprint density at radius 1 is 0.875 bits per heavy atom. The van der Waals surface area contributed by atoms with E-state index in [1.54, 1.807) is 6.20 Å². The molecule has 2 saturated heterocycles. The lowest BCUT2D eigenvalue weighted by molar-refractivity contribution is 0.235. The van der Waals surface area contributed by atoms with Crippen molar-refractivity contribution in [1.82, 2.24) is 35.9 Å². The Labute approximate surface area is 187 Å². The van der Waals surface area contributed by atoms with Crippen LogP contribution in [0.25, 0.3) is 33.3 Å². The lowest BCUT2D eigenvalue weighted by atomic mass is 9.89. The van der Waals surface area contributed by atoms with Crippen LogP contribution >= 0.6 is 0 Å². The lowest BCUT2D eigenvalue weighted by Gasteiger charge is -2.37. The van der Waals surface area contributed by atoms with E-state index in [0.717, 1.165) is 39.1 Å². The van der Waals surface area contributed by atoms with Crippen molar-refractivity contribution in [3.63, 3.8) is 0 Å². The van der Waals surface area contributed by atoms with Crippen molar-refractivity contribution in [2.45, 2.75) is 57.0 Å². The Balaban J connectivity index is 0.000000180. The number of H-pyrrole nitrogens is 2. The first-order valence-electron chi connectivity index (χ1n) is 11.3. The topological polar surface area (TPSA) is 107 Å². The Morgan fingerprint density at radius 2 is 1.66 bits per heavy atom. The van der Waals surface area contributed by atoms with E-state index in [-0.39, 0.29) is 0 Å². The molecule has 0 spiro atoms. The molecule has 8 nitrogen and oxygen atoms in total. The highest BCUT2D eigenvalue weighted by Gasteiger charge is 2.44. The fourth-order valence-electron chi connectivity index (χ4n) is 5.16. The van der Waals surface area contributed by atoms with Gasteiger partial charge in [0, 0.05) is 40.8 Å². The number of nitrogens with zero attached hydrogens (tertiary/aromatic N) is 4. The highest BCUT2D eigenvalue weighted by atomic mass is 15.2. The second-order valence-corrected chi connectivity index (χ2v) is 9.46. The van der Waals surface area contributed by atoms with E-state index in [4.69, 9.17) is 0 Å². The van der Waals surface area contributed by atoms with Crippen molar-refractivity contribution >= 4 is 16.7 Å². The molecule has 4 aromatic rings. The Morgan fingerprint density at radius 3 is 2.28 bits per heavy atom. The molecule has 1 aromatic carbocycles. The van der Waals surface area contributed by atoms with Crippen molar-refractivity contribution in [3.8, 4) is 22.4 Å². The number of piperidine rings is 1. The van der Waals surface area contributed by atoms with Gasteiger partial charge in [-0.25, -0.2) is 0 Å². The van der Waals surface area contributed by atoms with E-state index in [9.17, 15) is 0 Å². The number of benzene rings is 1. The van der Waals surface area contributed by atoms with Gasteiger partial charge < -0.3 is 10.6 Å². The van der Waals surface area contributed by atoms with E-state index in [1.807, 2.05) is 43.7 Å². The summed E-state index contributed by atoms with van der Waals surface area (Å²) < 4.78 is 0. The second-order valence-electron chi connectivity index (χ2n) is 9.46. The minimum absolute atomic E-state index is 0.507. The number of aromatic amines is 2. The molecule has 2 atom stereocenters. The second kappa shape index (κ2) is 8.02. The van der Waals surface area contributed by atoms with Crippen LogP contribution in [0.5, 0.6) is 0 Å². The molecule has 6 rings (SSSR count). The van der Waals surface area contributed by atoms with E-state index < -0.39 is 0 Å². The molecule has 0 saturated carbocycles. The van der Waals surface area contributed by atoms with Gasteiger partial charge in [-0.15, -0.1) is 10.2 Å². The summed E-state index contributed by atoms with van der Waals surface area (Å²) in [6.07, 6.45) is 12.5. The summed E-state index contributed by atoms with van der Waals surface area (Å²) in [5, 5.41) is 30.2. The minimum Gasteiger partial charge on any atom is -0.372 e. The summed E-state index contributed by atoms with van der Waals surface area (Å²) in [6, 6.07) is 7.90. The predicted octanol–water partition coefficient (Wildman–Crippen LogP) is 4.52. The van der Waals surface area contributed by atoms with Gasteiger partial charge in [0.2, 0.25) is 0 Å². The molecule has 8 heteroatoms. The lowest BCUT2D eigenvalue weighted by Crippen LogP contribution is -2.50. The van der Waals surface area contributed by atoms with Crippen LogP contribution in [0, 0.1) is 0 Å². The SMILES string of the molecule is CC12CCCC(C)(CC1)N2.CNc1ccc(-c2ccc(-c3cn[nH]c3)c3cn[nH]c23)nn1. The standard InChI is InChI=1S/C15H13N7.C9H17N/c1-16-14-5-4-13(20-21-14)11-3-2-10(9-6-17-18-7-9)12-8-19-22-15(11)12;1-8-4-3-5-9(2,10-8)7-6-8/h2-8H,1H3,(H,16,21)(H,17,18)(H,19,22);10H,3-7H2,1-2H3. The molecule has 2 fully saturated rings. The smallest absolute Gasteiger partial charge is 0.148 e. The molecule has 5 heterocycles. The third-order valence-electron chi connectivity index (χ3n) is 6.91. The maximum absolute atomic E-state index is 4.26. The van der Waals surface area contributed by atoms with Gasteiger partial charge in [0.15, 0.2) is 0 Å². The average Bonchev–Trinajstić information content (AvgIpc) is 3.54. The average molecular weight is 431 g/mol. The van der Waals surface area contributed by atoms with E-state index in [1.165, 1.54) is 32.1 Å². The fraction of sp³-hybridized carbons (Fsp3) is 0.417. The number of hydrogen-bond donors (Lipinski definition) is 4. The van der Waals surface area contributed by atoms with Gasteiger partial charge >= 0.3 is 0 Å². The Kier molecular flexibility index (Phi) is 5.17. The van der Waals surface area contributed by atoms with Crippen molar-refractivity contribution < 1.29 is 0 Å². The normalized spacial score (nSPS) is 24.2. The Bertz CT molecular complexity index is 1180. The number of nitrogens with one attached hydrogen (secondary N) is 4. The van der Waals surface area contributed by atoms with Crippen molar-refractivity contribution in [2.75, 3.05) is 12.4 Å². The maximum atomic E-state index is 4.26. The summed E-state index contributed by atoms with van der Waals surface area (Å²) in [5.41, 5.74) is 5.81. The number of aromatic nitrogens is 6. The monoisotopic (exact) mass is 430 g/mol. The third-order valence-corrected chi connectivity index (χ3v) is 6.91. The largest absolute Gasteiger partial charge is 0.372 e. The number of fused-ring (bicyclic) bond motifs is 3. The molecule has 0 aliphatic carbocycles. The van der Waals surface area contributed by atoms with Crippen LogP contribution in [0.2, 0.25) is 0 Å². The van der Waals surface area contributed by atoms with Crippen LogP contribution in [-0.2, 0) is 0 Å².